The normalized spacial score (nSPS) is 10.9. The molecule has 4 aromatic rings. The fourth-order valence-electron chi connectivity index (χ4n) is 3.51. The van der Waals surface area contributed by atoms with Gasteiger partial charge >= 0.3 is 5.69 Å². The van der Waals surface area contributed by atoms with Crippen LogP contribution in [0, 0.1) is 10.1 Å². The van der Waals surface area contributed by atoms with E-state index in [1.165, 1.54) is 49.9 Å². The maximum atomic E-state index is 13.0. The van der Waals surface area contributed by atoms with E-state index < -0.39 is 16.2 Å². The molecule has 13 heteroatoms. The lowest BCUT2D eigenvalue weighted by Gasteiger charge is -2.12. The number of fused-ring (bicyclic) bond motifs is 1. The maximum Gasteiger partial charge on any atom is 0.332 e. The first-order valence-corrected chi connectivity index (χ1v) is 11.8. The molecule has 12 nitrogen and oxygen atoms in total. The number of aromatic nitrogens is 4. The highest BCUT2D eigenvalue weighted by Gasteiger charge is 2.19. The molecule has 0 aliphatic heterocycles. The summed E-state index contributed by atoms with van der Waals surface area (Å²) in [6.07, 6.45) is 0. The molecular formula is C24H20N6O6S. The van der Waals surface area contributed by atoms with E-state index in [0.717, 1.165) is 16.3 Å². The molecule has 0 atom stereocenters. The third kappa shape index (κ3) is 5.16. The van der Waals surface area contributed by atoms with Gasteiger partial charge in [0.25, 0.3) is 11.2 Å². The summed E-state index contributed by atoms with van der Waals surface area (Å²) in [7, 11) is 2.79. The molecule has 0 aliphatic rings. The van der Waals surface area contributed by atoms with Crippen LogP contribution in [-0.2, 0) is 18.9 Å². The number of nitro benzene ring substituents is 1. The molecule has 0 fully saturated rings. The Kier molecular flexibility index (Phi) is 6.98. The molecule has 188 valence electrons. The number of benzene rings is 2. The molecule has 0 unspecified atom stereocenters. The number of nitrogens with zero attached hydrogens (tertiary/aromatic N) is 5. The van der Waals surface area contributed by atoms with Gasteiger partial charge in [-0.1, -0.05) is 11.8 Å². The summed E-state index contributed by atoms with van der Waals surface area (Å²) >= 11 is 0.985. The summed E-state index contributed by atoms with van der Waals surface area (Å²) in [5.41, 5.74) is 0.183. The van der Waals surface area contributed by atoms with Crippen molar-refractivity contribution in [1.82, 2.24) is 19.1 Å². The molecule has 0 aliphatic carbocycles. The van der Waals surface area contributed by atoms with Crippen LogP contribution in [0.4, 0.5) is 11.4 Å². The van der Waals surface area contributed by atoms with Crippen LogP contribution >= 0.6 is 11.8 Å². The van der Waals surface area contributed by atoms with Crippen LogP contribution in [0.15, 0.2) is 63.1 Å². The van der Waals surface area contributed by atoms with Crippen LogP contribution in [0.3, 0.4) is 0 Å². The number of Topliss-reactive ketones (excluding diaryl/α,β-unsaturated/α-hetero) is 1. The molecule has 1 amide bonds. The molecule has 0 saturated heterocycles. The van der Waals surface area contributed by atoms with Crippen molar-refractivity contribution in [3.8, 4) is 11.4 Å². The topological polar surface area (TPSA) is 159 Å². The predicted molar refractivity (Wildman–Crippen MR) is 138 cm³/mol. The van der Waals surface area contributed by atoms with E-state index in [1.807, 2.05) is 0 Å². The van der Waals surface area contributed by atoms with Crippen LogP contribution in [-0.4, -0.2) is 41.5 Å². The summed E-state index contributed by atoms with van der Waals surface area (Å²) in [6, 6.07) is 11.9. The molecule has 2 heterocycles. The van der Waals surface area contributed by atoms with Gasteiger partial charge in [0.05, 0.1) is 10.7 Å². The number of hydrogen-bond acceptors (Lipinski definition) is 9. The fourth-order valence-corrected chi connectivity index (χ4v) is 4.33. The van der Waals surface area contributed by atoms with Crippen molar-refractivity contribution in [2.24, 2.45) is 14.1 Å². The largest absolute Gasteiger partial charge is 0.332 e. The lowest BCUT2D eigenvalue weighted by atomic mass is 10.1. The first kappa shape index (κ1) is 25.4. The van der Waals surface area contributed by atoms with Crippen molar-refractivity contribution in [3.05, 3.63) is 85.0 Å². The molecule has 37 heavy (non-hydrogen) atoms. The van der Waals surface area contributed by atoms with Crippen LogP contribution in [0.1, 0.15) is 17.3 Å². The highest BCUT2D eigenvalue weighted by atomic mass is 32.2. The third-order valence-electron chi connectivity index (χ3n) is 5.52. The Labute approximate surface area is 213 Å². The van der Waals surface area contributed by atoms with Gasteiger partial charge in [-0.05, 0) is 43.3 Å². The van der Waals surface area contributed by atoms with E-state index in [1.54, 1.807) is 24.3 Å². The van der Waals surface area contributed by atoms with Gasteiger partial charge in [-0.2, -0.15) is 0 Å². The molecular weight excluding hydrogens is 500 g/mol. The van der Waals surface area contributed by atoms with Crippen molar-refractivity contribution >= 4 is 45.9 Å². The second-order valence-corrected chi connectivity index (χ2v) is 9.00. The number of amides is 1. The number of ketones is 1. The minimum Gasteiger partial charge on any atom is -0.325 e. The smallest absolute Gasteiger partial charge is 0.325 e. The number of thioether (sulfide) groups is 1. The first-order chi connectivity index (χ1) is 17.6. The number of nitrogens with one attached hydrogen (secondary N) is 1. The highest BCUT2D eigenvalue weighted by Crippen LogP contribution is 2.27. The van der Waals surface area contributed by atoms with E-state index in [2.05, 4.69) is 15.3 Å². The van der Waals surface area contributed by atoms with Gasteiger partial charge in [0.1, 0.15) is 10.4 Å². The number of nitro groups is 1. The average Bonchev–Trinajstić information content (AvgIpc) is 2.89. The Morgan fingerprint density at radius 2 is 1.65 bits per heavy atom. The number of hydrogen-bond donors (Lipinski definition) is 1. The number of aryl methyl sites for hydroxylation is 1. The van der Waals surface area contributed by atoms with Gasteiger partial charge in [-0.3, -0.25) is 33.6 Å². The van der Waals surface area contributed by atoms with Crippen LogP contribution in [0.2, 0.25) is 0 Å². The van der Waals surface area contributed by atoms with Crippen LogP contribution in [0.25, 0.3) is 22.4 Å². The van der Waals surface area contributed by atoms with E-state index in [9.17, 15) is 29.3 Å². The van der Waals surface area contributed by atoms with Crippen LogP contribution < -0.4 is 16.6 Å². The van der Waals surface area contributed by atoms with Gasteiger partial charge < -0.3 is 5.32 Å². The first-order valence-electron chi connectivity index (χ1n) is 10.8. The van der Waals surface area contributed by atoms with Gasteiger partial charge in [-0.25, -0.2) is 14.8 Å². The SMILES string of the molecule is CC(=O)c1ccc(NC(=O)CSc2nc(-c3ccc([N+](=O)[O-])cc3)nc3c2c(=O)n(C)c(=O)n3C)cc1. The number of anilines is 1. The Balaban J connectivity index is 1.71. The molecule has 0 spiro atoms. The molecule has 2 aromatic carbocycles. The van der Waals surface area contributed by atoms with E-state index >= 15 is 0 Å². The Bertz CT molecular complexity index is 1680. The van der Waals surface area contributed by atoms with Gasteiger partial charge in [-0.15, -0.1) is 0 Å². The van der Waals surface area contributed by atoms with Gasteiger partial charge in [0.2, 0.25) is 5.91 Å². The Morgan fingerprint density at radius 1 is 1.00 bits per heavy atom. The maximum absolute atomic E-state index is 13.0. The summed E-state index contributed by atoms with van der Waals surface area (Å²) in [6.45, 7) is 1.45. The quantitative estimate of drug-likeness (QED) is 0.127. The van der Waals surface area contributed by atoms with Gasteiger partial charge in [0, 0.05) is 43.0 Å². The monoisotopic (exact) mass is 520 g/mol. The highest BCUT2D eigenvalue weighted by molar-refractivity contribution is 8.00. The zero-order valence-electron chi connectivity index (χ0n) is 19.9. The van der Waals surface area contributed by atoms with Crippen molar-refractivity contribution in [2.75, 3.05) is 11.1 Å². The summed E-state index contributed by atoms with van der Waals surface area (Å²) < 4.78 is 2.13. The average molecular weight is 521 g/mol. The fraction of sp³-hybridized carbons (Fsp3) is 0.167. The van der Waals surface area contributed by atoms with E-state index in [4.69, 9.17) is 0 Å². The number of non-ortho nitro benzene ring substituents is 1. The molecule has 0 saturated carbocycles. The minimum absolute atomic E-state index is 0.0684. The summed E-state index contributed by atoms with van der Waals surface area (Å²) in [5, 5.41) is 14.0. The van der Waals surface area contributed by atoms with Gasteiger partial charge in [0.15, 0.2) is 17.3 Å². The van der Waals surface area contributed by atoms with Crippen molar-refractivity contribution in [2.45, 2.75) is 11.9 Å². The van der Waals surface area contributed by atoms with E-state index in [0.29, 0.717) is 16.8 Å². The molecule has 1 N–H and O–H groups in total. The second kappa shape index (κ2) is 10.1. The Hall–Kier alpha value is -4.65. The number of carbonyl (C=O) groups excluding carboxylic acids is 2. The number of rotatable bonds is 7. The molecule has 4 rings (SSSR count). The third-order valence-corrected chi connectivity index (χ3v) is 6.49. The molecule has 0 bridgehead atoms. The number of carbonyl (C=O) groups is 2. The molecule has 2 aromatic heterocycles. The van der Waals surface area contributed by atoms with Crippen LogP contribution in [0.5, 0.6) is 0 Å². The molecule has 0 radical (unpaired) electrons. The standard InChI is InChI=1S/C24H20N6O6S/c1-13(31)14-4-8-16(9-5-14)25-18(32)12-37-22-19-21(28(2)24(34)29(3)23(19)33)26-20(27-22)15-6-10-17(11-7-15)30(35)36/h4-11H,12H2,1-3H3,(H,25,32). The zero-order chi connectivity index (χ0) is 26.9. The minimum atomic E-state index is -0.615. The van der Waals surface area contributed by atoms with E-state index in [-0.39, 0.29) is 45.0 Å². The van der Waals surface area contributed by atoms with Crippen molar-refractivity contribution in [1.29, 1.82) is 0 Å². The Morgan fingerprint density at radius 3 is 2.24 bits per heavy atom. The lowest BCUT2D eigenvalue weighted by Crippen LogP contribution is -2.37. The predicted octanol–water partition coefficient (Wildman–Crippen LogP) is 2.54. The van der Waals surface area contributed by atoms with Crippen molar-refractivity contribution in [3.63, 3.8) is 0 Å². The van der Waals surface area contributed by atoms with Crippen molar-refractivity contribution < 1.29 is 14.5 Å². The summed E-state index contributed by atoms with van der Waals surface area (Å²) in [4.78, 5) is 68.9. The second-order valence-electron chi connectivity index (χ2n) is 8.03. The zero-order valence-corrected chi connectivity index (χ0v) is 20.7. The summed E-state index contributed by atoms with van der Waals surface area (Å²) in [5.74, 6) is -0.463. The lowest BCUT2D eigenvalue weighted by molar-refractivity contribution is -0.384.